The van der Waals surface area contributed by atoms with E-state index in [9.17, 15) is 0 Å². The van der Waals surface area contributed by atoms with Crippen LogP contribution < -0.4 is 20.7 Å². The maximum atomic E-state index is 5.56. The number of hydrogen-bond acceptors (Lipinski definition) is 8. The van der Waals surface area contributed by atoms with E-state index >= 15 is 0 Å². The fourth-order valence-corrected chi connectivity index (χ4v) is 3.87. The van der Waals surface area contributed by atoms with Crippen LogP contribution in [0.5, 0.6) is 5.75 Å². The molecule has 2 aliphatic rings. The first kappa shape index (κ1) is 20.1. The number of hydrogen-bond donors (Lipinski definition) is 3. The van der Waals surface area contributed by atoms with Crippen molar-refractivity contribution in [3.05, 3.63) is 66.8 Å². The van der Waals surface area contributed by atoms with E-state index in [4.69, 9.17) is 14.7 Å². The number of aromatic nitrogens is 4. The molecular formula is C24H25N7O. The summed E-state index contributed by atoms with van der Waals surface area (Å²) in [4.78, 5) is 18.4. The number of ether oxygens (including phenoxy) is 1. The fourth-order valence-electron chi connectivity index (χ4n) is 3.87. The van der Waals surface area contributed by atoms with E-state index in [-0.39, 0.29) is 0 Å². The Hall–Kier alpha value is -3.78. The molecule has 1 aliphatic carbocycles. The molecule has 0 radical (unpaired) electrons. The van der Waals surface area contributed by atoms with Crippen molar-refractivity contribution in [2.75, 3.05) is 30.8 Å². The Kier molecular flexibility index (Phi) is 5.76. The largest absolute Gasteiger partial charge is 0.494 e. The molecule has 3 N–H and O–H groups in total. The van der Waals surface area contributed by atoms with Gasteiger partial charge in [0.15, 0.2) is 5.82 Å². The van der Waals surface area contributed by atoms with Crippen LogP contribution in [0.3, 0.4) is 0 Å². The van der Waals surface area contributed by atoms with Crippen LogP contribution in [-0.4, -0.2) is 46.2 Å². The Morgan fingerprint density at radius 2 is 2.16 bits per heavy atom. The number of pyridine rings is 2. The summed E-state index contributed by atoms with van der Waals surface area (Å²) in [5.74, 6) is 2.76. The molecule has 162 valence electrons. The van der Waals surface area contributed by atoms with Gasteiger partial charge in [0.25, 0.3) is 0 Å². The number of nitrogens with zero attached hydrogens (tertiary/aromatic N) is 4. The summed E-state index contributed by atoms with van der Waals surface area (Å²) >= 11 is 0. The number of allylic oxidation sites excluding steroid dienone is 5. The number of anilines is 2. The molecule has 32 heavy (non-hydrogen) atoms. The summed E-state index contributed by atoms with van der Waals surface area (Å²) in [5, 5.41) is 11.2. The van der Waals surface area contributed by atoms with Gasteiger partial charge in [0.2, 0.25) is 0 Å². The minimum absolute atomic E-state index is 0.302. The monoisotopic (exact) mass is 427 g/mol. The van der Waals surface area contributed by atoms with Crippen molar-refractivity contribution in [2.24, 2.45) is 0 Å². The van der Waals surface area contributed by atoms with Gasteiger partial charge in [-0.25, -0.2) is 15.0 Å². The van der Waals surface area contributed by atoms with Gasteiger partial charge in [0.1, 0.15) is 17.4 Å². The zero-order valence-electron chi connectivity index (χ0n) is 17.9. The van der Waals surface area contributed by atoms with Crippen molar-refractivity contribution < 1.29 is 4.74 Å². The molecule has 1 saturated heterocycles. The third kappa shape index (κ3) is 4.31. The van der Waals surface area contributed by atoms with E-state index in [1.807, 2.05) is 30.4 Å². The molecule has 0 amide bonds. The average Bonchev–Trinajstić information content (AvgIpc) is 3.20. The van der Waals surface area contributed by atoms with Crippen LogP contribution in [0.4, 0.5) is 11.6 Å². The first-order chi connectivity index (χ1) is 15.8. The van der Waals surface area contributed by atoms with E-state index < -0.39 is 0 Å². The highest BCUT2D eigenvalue weighted by atomic mass is 16.5. The number of fused-ring (bicyclic) bond motifs is 1. The Morgan fingerprint density at radius 1 is 1.19 bits per heavy atom. The van der Waals surface area contributed by atoms with Gasteiger partial charge in [-0.1, -0.05) is 24.3 Å². The summed E-state index contributed by atoms with van der Waals surface area (Å²) in [6.07, 6.45) is 17.4. The lowest BCUT2D eigenvalue weighted by Gasteiger charge is -2.17. The van der Waals surface area contributed by atoms with Gasteiger partial charge in [0, 0.05) is 30.0 Å². The predicted octanol–water partition coefficient (Wildman–Crippen LogP) is 3.68. The molecule has 3 aromatic heterocycles. The van der Waals surface area contributed by atoms with Crippen molar-refractivity contribution in [3.8, 4) is 17.1 Å². The highest BCUT2D eigenvalue weighted by Crippen LogP contribution is 2.32. The zero-order chi connectivity index (χ0) is 21.8. The average molecular weight is 428 g/mol. The minimum atomic E-state index is 0.302. The Morgan fingerprint density at radius 3 is 3.03 bits per heavy atom. The third-order valence-electron chi connectivity index (χ3n) is 5.48. The van der Waals surface area contributed by atoms with Gasteiger partial charge in [0.05, 0.1) is 30.4 Å². The van der Waals surface area contributed by atoms with E-state index in [1.54, 1.807) is 25.7 Å². The topological polar surface area (TPSA) is 96.9 Å². The molecule has 3 aromatic rings. The lowest BCUT2D eigenvalue weighted by atomic mass is 10.2. The van der Waals surface area contributed by atoms with E-state index in [2.05, 4.69) is 38.1 Å². The molecule has 5 rings (SSSR count). The Balaban J connectivity index is 1.53. The molecule has 1 aliphatic heterocycles. The van der Waals surface area contributed by atoms with Crippen LogP contribution in [0.1, 0.15) is 12.8 Å². The molecular weight excluding hydrogens is 402 g/mol. The van der Waals surface area contributed by atoms with Crippen molar-refractivity contribution in [2.45, 2.75) is 18.9 Å². The predicted molar refractivity (Wildman–Crippen MR) is 127 cm³/mol. The third-order valence-corrected chi connectivity index (χ3v) is 5.48. The number of methoxy groups -OCH3 is 1. The molecule has 1 fully saturated rings. The second-order valence-electron chi connectivity index (χ2n) is 7.70. The van der Waals surface area contributed by atoms with Gasteiger partial charge in [-0.15, -0.1) is 0 Å². The quantitative estimate of drug-likeness (QED) is 0.548. The Bertz CT molecular complexity index is 1210. The van der Waals surface area contributed by atoms with Crippen molar-refractivity contribution >= 4 is 22.5 Å². The summed E-state index contributed by atoms with van der Waals surface area (Å²) in [7, 11) is 1.64. The molecule has 1 atom stereocenters. The van der Waals surface area contributed by atoms with Crippen LogP contribution >= 0.6 is 0 Å². The van der Waals surface area contributed by atoms with Crippen LogP contribution in [-0.2, 0) is 0 Å². The lowest BCUT2D eigenvalue weighted by Crippen LogP contribution is -2.23. The van der Waals surface area contributed by atoms with Crippen LogP contribution in [0.25, 0.3) is 22.3 Å². The van der Waals surface area contributed by atoms with Crippen molar-refractivity contribution in [1.29, 1.82) is 0 Å². The van der Waals surface area contributed by atoms with Gasteiger partial charge in [-0.3, -0.25) is 4.98 Å². The second kappa shape index (κ2) is 9.15. The smallest absolute Gasteiger partial charge is 0.162 e. The zero-order valence-corrected chi connectivity index (χ0v) is 17.9. The van der Waals surface area contributed by atoms with Crippen molar-refractivity contribution in [1.82, 2.24) is 25.3 Å². The molecule has 1 unspecified atom stereocenters. The first-order valence-corrected chi connectivity index (χ1v) is 10.7. The maximum Gasteiger partial charge on any atom is 0.162 e. The summed E-state index contributed by atoms with van der Waals surface area (Å²) in [5.41, 5.74) is 2.61. The van der Waals surface area contributed by atoms with Crippen LogP contribution in [0.2, 0.25) is 0 Å². The van der Waals surface area contributed by atoms with Gasteiger partial charge in [-0.05, 0) is 37.6 Å². The number of rotatable bonds is 6. The molecule has 4 heterocycles. The van der Waals surface area contributed by atoms with E-state index in [1.165, 1.54) is 0 Å². The second-order valence-corrected chi connectivity index (χ2v) is 7.70. The number of nitrogens with one attached hydrogen (secondary N) is 3. The first-order valence-electron chi connectivity index (χ1n) is 10.7. The van der Waals surface area contributed by atoms with Crippen molar-refractivity contribution in [3.63, 3.8) is 0 Å². The standard InChI is InChI=1S/C24H25N7O/c1-32-20-15-26-14-19-22(20)24(29-18-9-10-25-13-18)31-23(30-19)16-8-11-27-21(12-16)28-17-6-4-2-3-5-7-17/h2-4,6-8,11-12,14-15,18,25H,5,9-10,13H2,1H3,(H,27,28)(H,29,30,31). The van der Waals surface area contributed by atoms with Gasteiger partial charge >= 0.3 is 0 Å². The van der Waals surface area contributed by atoms with Gasteiger partial charge in [-0.2, -0.15) is 0 Å². The Labute approximate surface area is 186 Å². The normalized spacial score (nSPS) is 17.8. The molecule has 0 spiro atoms. The summed E-state index contributed by atoms with van der Waals surface area (Å²) in [6, 6.07) is 4.18. The lowest BCUT2D eigenvalue weighted by molar-refractivity contribution is 0.418. The molecule has 8 heteroatoms. The summed E-state index contributed by atoms with van der Waals surface area (Å²) in [6.45, 7) is 1.89. The SMILES string of the molecule is COc1cncc2nc(-c3ccnc(NC4=CCC=CC=C4)c3)nc(NC3CCNC3)c12. The fraction of sp³-hybridized carbons (Fsp3) is 0.250. The van der Waals surface area contributed by atoms with E-state index in [0.717, 1.165) is 59.7 Å². The molecule has 0 aromatic carbocycles. The van der Waals surface area contributed by atoms with E-state index in [0.29, 0.717) is 17.6 Å². The molecule has 8 nitrogen and oxygen atoms in total. The van der Waals surface area contributed by atoms with Crippen LogP contribution in [0, 0.1) is 0 Å². The molecule has 0 saturated carbocycles. The van der Waals surface area contributed by atoms with Crippen LogP contribution in [0.15, 0.2) is 66.8 Å². The minimum Gasteiger partial charge on any atom is -0.494 e. The van der Waals surface area contributed by atoms with Gasteiger partial charge < -0.3 is 20.7 Å². The maximum absolute atomic E-state index is 5.56. The highest BCUT2D eigenvalue weighted by molar-refractivity contribution is 5.95. The summed E-state index contributed by atoms with van der Waals surface area (Å²) < 4.78 is 5.56. The molecule has 0 bridgehead atoms. The highest BCUT2D eigenvalue weighted by Gasteiger charge is 2.20.